The number of alkyl halides is 1. The number of rotatable bonds is 2. The summed E-state index contributed by atoms with van der Waals surface area (Å²) in [5.74, 6) is 0.00542. The zero-order valence-corrected chi connectivity index (χ0v) is 7.60. The highest BCUT2D eigenvalue weighted by Crippen LogP contribution is 2.20. The zero-order chi connectivity index (χ0) is 8.27. The van der Waals surface area contributed by atoms with Gasteiger partial charge in [0.2, 0.25) is 5.91 Å². The minimum atomic E-state index is -0.484. The van der Waals surface area contributed by atoms with Crippen molar-refractivity contribution in [1.29, 1.82) is 0 Å². The maximum Gasteiger partial charge on any atom is 0.226 e. The Kier molecular flexibility index (Phi) is 3.05. The number of amides is 1. The highest BCUT2D eigenvalue weighted by atomic mass is 79.9. The summed E-state index contributed by atoms with van der Waals surface area (Å²) in [5, 5.41) is 0. The minimum Gasteiger partial charge on any atom is -0.316 e. The molecular formula is C7H9BrFNO. The number of halogens is 2. The highest BCUT2D eigenvalue weighted by molar-refractivity contribution is 9.11. The van der Waals surface area contributed by atoms with Gasteiger partial charge in [0.25, 0.3) is 0 Å². The largest absolute Gasteiger partial charge is 0.316 e. The van der Waals surface area contributed by atoms with Crippen LogP contribution in [-0.2, 0) is 4.79 Å². The van der Waals surface area contributed by atoms with E-state index >= 15 is 0 Å². The molecule has 0 N–H and O–H groups in total. The average molecular weight is 222 g/mol. The van der Waals surface area contributed by atoms with Gasteiger partial charge in [-0.3, -0.25) is 4.79 Å². The summed E-state index contributed by atoms with van der Waals surface area (Å²) in [6, 6.07) is 0. The molecule has 0 fully saturated rings. The average Bonchev–Trinajstić information content (AvgIpc) is 1.98. The number of allylic oxidation sites excluding steroid dienone is 1. The molecule has 1 amide bonds. The molecule has 2 nitrogen and oxygen atoms in total. The van der Waals surface area contributed by atoms with Crippen LogP contribution in [0, 0.1) is 0 Å². The number of hydrogen-bond donors (Lipinski definition) is 0. The summed E-state index contributed by atoms with van der Waals surface area (Å²) in [4.78, 5) is 12.4. The molecule has 0 aromatic carbocycles. The van der Waals surface area contributed by atoms with Gasteiger partial charge in [0, 0.05) is 17.1 Å². The first-order valence-electron chi connectivity index (χ1n) is 3.45. The molecule has 0 atom stereocenters. The Bertz CT molecular complexity index is 193. The topological polar surface area (TPSA) is 20.3 Å². The molecule has 1 rings (SSSR count). The molecule has 0 aliphatic carbocycles. The summed E-state index contributed by atoms with van der Waals surface area (Å²) in [6.45, 7) is -0.309. The minimum absolute atomic E-state index is 0.00542. The van der Waals surface area contributed by atoms with Crippen LogP contribution in [0.2, 0.25) is 0 Å². The van der Waals surface area contributed by atoms with Gasteiger partial charge in [-0.25, -0.2) is 4.39 Å². The second kappa shape index (κ2) is 3.85. The van der Waals surface area contributed by atoms with Crippen molar-refractivity contribution >= 4 is 21.8 Å². The lowest BCUT2D eigenvalue weighted by Gasteiger charge is -2.21. The predicted octanol–water partition coefficient (Wildman–Crippen LogP) is 1.81. The van der Waals surface area contributed by atoms with E-state index in [4.69, 9.17) is 0 Å². The molecule has 0 spiro atoms. The Hall–Kier alpha value is -0.380. The van der Waals surface area contributed by atoms with Gasteiger partial charge < -0.3 is 4.90 Å². The maximum absolute atomic E-state index is 11.8. The van der Waals surface area contributed by atoms with E-state index in [1.165, 1.54) is 4.90 Å². The van der Waals surface area contributed by atoms with Gasteiger partial charge in [-0.15, -0.1) is 0 Å². The fourth-order valence-electron chi connectivity index (χ4n) is 0.956. The lowest BCUT2D eigenvalue weighted by Crippen LogP contribution is -2.30. The van der Waals surface area contributed by atoms with E-state index in [0.29, 0.717) is 6.42 Å². The Balaban J connectivity index is 2.59. The summed E-state index contributed by atoms with van der Waals surface area (Å²) in [6.07, 6.45) is 2.88. The first-order valence-corrected chi connectivity index (χ1v) is 4.25. The predicted molar refractivity (Wildman–Crippen MR) is 43.9 cm³/mol. The van der Waals surface area contributed by atoms with E-state index in [9.17, 15) is 9.18 Å². The monoisotopic (exact) mass is 221 g/mol. The van der Waals surface area contributed by atoms with Gasteiger partial charge in [0.05, 0.1) is 6.54 Å². The van der Waals surface area contributed by atoms with Gasteiger partial charge in [-0.2, -0.15) is 0 Å². The third-order valence-electron chi connectivity index (χ3n) is 1.52. The summed E-state index contributed by atoms with van der Waals surface area (Å²) in [5.41, 5.74) is 0. The van der Waals surface area contributed by atoms with Crippen molar-refractivity contribution in [2.75, 3.05) is 13.2 Å². The van der Waals surface area contributed by atoms with E-state index in [1.807, 2.05) is 0 Å². The van der Waals surface area contributed by atoms with E-state index in [-0.39, 0.29) is 12.5 Å². The Morgan fingerprint density at radius 3 is 3.00 bits per heavy atom. The summed E-state index contributed by atoms with van der Waals surface area (Å²) >= 11 is 3.27. The molecule has 0 saturated heterocycles. The van der Waals surface area contributed by atoms with E-state index in [1.54, 1.807) is 6.20 Å². The van der Waals surface area contributed by atoms with Crippen molar-refractivity contribution in [1.82, 2.24) is 4.90 Å². The third kappa shape index (κ3) is 2.29. The van der Waals surface area contributed by atoms with E-state index < -0.39 is 6.67 Å². The quantitative estimate of drug-likeness (QED) is 0.697. The fourth-order valence-corrected chi connectivity index (χ4v) is 1.40. The van der Waals surface area contributed by atoms with Crippen LogP contribution in [0.3, 0.4) is 0 Å². The van der Waals surface area contributed by atoms with Crippen molar-refractivity contribution in [2.45, 2.75) is 12.8 Å². The molecule has 1 heterocycles. The van der Waals surface area contributed by atoms with Crippen LogP contribution < -0.4 is 0 Å². The third-order valence-corrected chi connectivity index (χ3v) is 2.12. The smallest absolute Gasteiger partial charge is 0.226 e. The van der Waals surface area contributed by atoms with Crippen LogP contribution >= 0.6 is 15.9 Å². The number of carbonyl (C=O) groups excluding carboxylic acids is 1. The standard InChI is InChI=1S/C7H9BrFNO/c8-6-1-2-7(11)10(5-6)4-3-9/h5H,1-4H2. The van der Waals surface area contributed by atoms with Crippen molar-refractivity contribution in [3.8, 4) is 0 Å². The van der Waals surface area contributed by atoms with Gasteiger partial charge in [0.15, 0.2) is 0 Å². The van der Waals surface area contributed by atoms with Crippen LogP contribution in [0.25, 0.3) is 0 Å². The molecule has 1 aliphatic rings. The summed E-state index contributed by atoms with van der Waals surface area (Å²) < 4.78 is 12.8. The molecule has 0 aromatic rings. The SMILES string of the molecule is O=C1CCC(Br)=CN1CCF. The van der Waals surface area contributed by atoms with Crippen LogP contribution in [-0.4, -0.2) is 24.0 Å². The second-order valence-electron chi connectivity index (χ2n) is 2.35. The summed E-state index contributed by atoms with van der Waals surface area (Å²) in [7, 11) is 0. The first kappa shape index (κ1) is 8.71. The van der Waals surface area contributed by atoms with Crippen molar-refractivity contribution in [2.24, 2.45) is 0 Å². The molecular weight excluding hydrogens is 213 g/mol. The molecule has 0 saturated carbocycles. The Morgan fingerprint density at radius 1 is 1.64 bits per heavy atom. The van der Waals surface area contributed by atoms with Gasteiger partial charge in [0.1, 0.15) is 6.67 Å². The lowest BCUT2D eigenvalue weighted by molar-refractivity contribution is -0.129. The highest BCUT2D eigenvalue weighted by Gasteiger charge is 2.16. The molecule has 62 valence electrons. The lowest BCUT2D eigenvalue weighted by atomic mass is 10.2. The normalized spacial score (nSPS) is 18.5. The van der Waals surface area contributed by atoms with Crippen LogP contribution in [0.4, 0.5) is 4.39 Å². The van der Waals surface area contributed by atoms with E-state index in [2.05, 4.69) is 15.9 Å². The van der Waals surface area contributed by atoms with Crippen molar-refractivity contribution in [3.05, 3.63) is 10.7 Å². The van der Waals surface area contributed by atoms with Crippen LogP contribution in [0.15, 0.2) is 10.7 Å². The molecule has 1 aliphatic heterocycles. The van der Waals surface area contributed by atoms with Gasteiger partial charge in [-0.05, 0) is 6.42 Å². The van der Waals surface area contributed by atoms with Crippen molar-refractivity contribution < 1.29 is 9.18 Å². The van der Waals surface area contributed by atoms with Gasteiger partial charge >= 0.3 is 0 Å². The Morgan fingerprint density at radius 2 is 2.36 bits per heavy atom. The fraction of sp³-hybridized carbons (Fsp3) is 0.571. The molecule has 11 heavy (non-hydrogen) atoms. The molecule has 0 radical (unpaired) electrons. The first-order chi connectivity index (χ1) is 5.24. The Labute approximate surface area is 73.2 Å². The maximum atomic E-state index is 11.8. The molecule has 0 bridgehead atoms. The molecule has 4 heteroatoms. The number of nitrogens with zero attached hydrogens (tertiary/aromatic N) is 1. The number of carbonyl (C=O) groups is 1. The van der Waals surface area contributed by atoms with E-state index in [0.717, 1.165) is 10.9 Å². The number of hydrogen-bond acceptors (Lipinski definition) is 1. The molecule has 0 unspecified atom stereocenters. The second-order valence-corrected chi connectivity index (χ2v) is 3.37. The molecule has 0 aromatic heterocycles. The van der Waals surface area contributed by atoms with Crippen LogP contribution in [0.1, 0.15) is 12.8 Å². The van der Waals surface area contributed by atoms with Crippen LogP contribution in [0.5, 0.6) is 0 Å². The van der Waals surface area contributed by atoms with Crippen molar-refractivity contribution in [3.63, 3.8) is 0 Å². The zero-order valence-electron chi connectivity index (χ0n) is 6.02. The van der Waals surface area contributed by atoms with Gasteiger partial charge in [-0.1, -0.05) is 15.9 Å².